The highest BCUT2D eigenvalue weighted by molar-refractivity contribution is 6.30. The van der Waals surface area contributed by atoms with Crippen molar-refractivity contribution in [1.82, 2.24) is 0 Å². The topological polar surface area (TPSA) is 44.5 Å². The minimum atomic E-state index is 0.465. The van der Waals surface area contributed by atoms with Crippen LogP contribution in [0, 0.1) is 5.92 Å². The number of ether oxygens (including phenoxy) is 2. The number of benzene rings is 1. The molecular formula is C12H16ClNO2. The summed E-state index contributed by atoms with van der Waals surface area (Å²) < 4.78 is 10.7. The van der Waals surface area contributed by atoms with Gasteiger partial charge in [-0.15, -0.1) is 0 Å². The molecular weight excluding hydrogens is 226 g/mol. The zero-order valence-corrected chi connectivity index (χ0v) is 10.3. The zero-order valence-electron chi connectivity index (χ0n) is 9.50. The number of halogens is 1. The van der Waals surface area contributed by atoms with Crippen molar-refractivity contribution in [3.63, 3.8) is 0 Å². The van der Waals surface area contributed by atoms with E-state index in [1.54, 1.807) is 20.3 Å². The Kier molecular flexibility index (Phi) is 3.26. The van der Waals surface area contributed by atoms with Gasteiger partial charge >= 0.3 is 0 Å². The van der Waals surface area contributed by atoms with Crippen LogP contribution in [0.2, 0.25) is 5.02 Å². The predicted octanol–water partition coefficient (Wildman–Crippen LogP) is 2.42. The fourth-order valence-corrected chi connectivity index (χ4v) is 2.34. The minimum absolute atomic E-state index is 0.465. The van der Waals surface area contributed by atoms with E-state index in [4.69, 9.17) is 26.8 Å². The highest BCUT2D eigenvalue weighted by atomic mass is 35.5. The van der Waals surface area contributed by atoms with Crippen molar-refractivity contribution in [2.75, 3.05) is 20.8 Å². The van der Waals surface area contributed by atoms with E-state index in [1.807, 2.05) is 6.07 Å². The Hall–Kier alpha value is -0.930. The van der Waals surface area contributed by atoms with Gasteiger partial charge in [0.2, 0.25) is 0 Å². The molecule has 0 aromatic heterocycles. The first-order valence-corrected chi connectivity index (χ1v) is 5.70. The third kappa shape index (κ3) is 1.97. The first-order chi connectivity index (χ1) is 7.71. The van der Waals surface area contributed by atoms with Gasteiger partial charge in [-0.25, -0.2) is 0 Å². The third-order valence-corrected chi connectivity index (χ3v) is 3.32. The van der Waals surface area contributed by atoms with Crippen molar-refractivity contribution in [2.45, 2.75) is 12.3 Å². The number of methoxy groups -OCH3 is 2. The van der Waals surface area contributed by atoms with Gasteiger partial charge in [0, 0.05) is 16.7 Å². The molecule has 0 aliphatic heterocycles. The summed E-state index contributed by atoms with van der Waals surface area (Å²) in [4.78, 5) is 0. The fraction of sp³-hybridized carbons (Fsp3) is 0.500. The van der Waals surface area contributed by atoms with Crippen LogP contribution >= 0.6 is 11.6 Å². The van der Waals surface area contributed by atoms with E-state index in [9.17, 15) is 0 Å². The van der Waals surface area contributed by atoms with Gasteiger partial charge in [0.15, 0.2) is 11.5 Å². The largest absolute Gasteiger partial charge is 0.493 e. The van der Waals surface area contributed by atoms with Gasteiger partial charge in [0.05, 0.1) is 14.2 Å². The summed E-state index contributed by atoms with van der Waals surface area (Å²) in [7, 11) is 3.26. The second-order valence-electron chi connectivity index (χ2n) is 4.07. The molecule has 88 valence electrons. The molecule has 0 spiro atoms. The van der Waals surface area contributed by atoms with Crippen molar-refractivity contribution in [3.05, 3.63) is 22.7 Å². The molecule has 2 rings (SSSR count). The quantitative estimate of drug-likeness (QED) is 0.881. The smallest absolute Gasteiger partial charge is 0.164 e. The van der Waals surface area contributed by atoms with Crippen LogP contribution in [0.3, 0.4) is 0 Å². The lowest BCUT2D eigenvalue weighted by Gasteiger charge is -2.13. The molecule has 1 aromatic carbocycles. The van der Waals surface area contributed by atoms with Gasteiger partial charge in [-0.2, -0.15) is 0 Å². The van der Waals surface area contributed by atoms with Crippen LogP contribution < -0.4 is 15.2 Å². The molecule has 0 amide bonds. The number of nitrogens with two attached hydrogens (primary N) is 1. The summed E-state index contributed by atoms with van der Waals surface area (Å²) in [5, 5.41) is 0.676. The van der Waals surface area contributed by atoms with E-state index in [2.05, 4.69) is 0 Å². The molecule has 0 radical (unpaired) electrons. The van der Waals surface area contributed by atoms with Gasteiger partial charge in [-0.3, -0.25) is 0 Å². The van der Waals surface area contributed by atoms with Crippen molar-refractivity contribution in [2.24, 2.45) is 11.7 Å². The van der Waals surface area contributed by atoms with Gasteiger partial charge < -0.3 is 15.2 Å². The predicted molar refractivity (Wildman–Crippen MR) is 64.5 cm³/mol. The van der Waals surface area contributed by atoms with Crippen LogP contribution in [0.5, 0.6) is 11.5 Å². The molecule has 1 fully saturated rings. The molecule has 0 heterocycles. The summed E-state index contributed by atoms with van der Waals surface area (Å²) in [6, 6.07) is 3.72. The average molecular weight is 242 g/mol. The second-order valence-corrected chi connectivity index (χ2v) is 4.50. The second kappa shape index (κ2) is 4.52. The molecule has 0 unspecified atom stereocenters. The lowest BCUT2D eigenvalue weighted by Crippen LogP contribution is -2.03. The van der Waals surface area contributed by atoms with Crippen molar-refractivity contribution in [1.29, 1.82) is 0 Å². The Bertz CT molecular complexity index is 395. The molecule has 1 aliphatic carbocycles. The van der Waals surface area contributed by atoms with Crippen LogP contribution in [0.1, 0.15) is 17.9 Å². The summed E-state index contributed by atoms with van der Waals surface area (Å²) >= 11 is 6.05. The van der Waals surface area contributed by atoms with Gasteiger partial charge in [-0.1, -0.05) is 11.6 Å². The number of hydrogen-bond donors (Lipinski definition) is 1. The molecule has 1 aromatic rings. The molecule has 1 saturated carbocycles. The molecule has 3 nitrogen and oxygen atoms in total. The normalized spacial score (nSPS) is 23.0. The average Bonchev–Trinajstić information content (AvgIpc) is 3.06. The minimum Gasteiger partial charge on any atom is -0.493 e. The summed E-state index contributed by atoms with van der Waals surface area (Å²) in [6.07, 6.45) is 1.11. The summed E-state index contributed by atoms with van der Waals surface area (Å²) in [5.41, 5.74) is 6.77. The third-order valence-electron chi connectivity index (χ3n) is 3.10. The Morgan fingerprint density at radius 2 is 2.12 bits per heavy atom. The molecule has 16 heavy (non-hydrogen) atoms. The maximum atomic E-state index is 6.05. The highest BCUT2D eigenvalue weighted by Crippen LogP contribution is 2.52. The molecule has 2 atom stereocenters. The maximum absolute atomic E-state index is 6.05. The van der Waals surface area contributed by atoms with E-state index in [-0.39, 0.29) is 0 Å². The Labute approximate surface area is 100 Å². The SMILES string of the molecule is COc1cc(Cl)cc([C@@H]2C[C@H]2CN)c1OC. The Balaban J connectivity index is 2.39. The Morgan fingerprint density at radius 3 is 2.62 bits per heavy atom. The molecule has 0 bridgehead atoms. The monoisotopic (exact) mass is 241 g/mol. The highest BCUT2D eigenvalue weighted by Gasteiger charge is 2.39. The lowest BCUT2D eigenvalue weighted by molar-refractivity contribution is 0.351. The van der Waals surface area contributed by atoms with Crippen LogP contribution in [-0.4, -0.2) is 20.8 Å². The Morgan fingerprint density at radius 1 is 1.38 bits per heavy atom. The van der Waals surface area contributed by atoms with E-state index >= 15 is 0 Å². The first kappa shape index (κ1) is 11.6. The van der Waals surface area contributed by atoms with Gasteiger partial charge in [-0.05, 0) is 30.9 Å². The lowest BCUT2D eigenvalue weighted by atomic mass is 10.1. The van der Waals surface area contributed by atoms with E-state index in [0.29, 0.717) is 29.2 Å². The van der Waals surface area contributed by atoms with Crippen LogP contribution in [-0.2, 0) is 0 Å². The summed E-state index contributed by atoms with van der Waals surface area (Å²) in [6.45, 7) is 0.711. The first-order valence-electron chi connectivity index (χ1n) is 5.32. The number of hydrogen-bond acceptors (Lipinski definition) is 3. The molecule has 0 saturated heterocycles. The molecule has 4 heteroatoms. The standard InChI is InChI=1S/C12H16ClNO2/c1-15-11-5-8(13)4-10(12(11)16-2)9-3-7(9)6-14/h4-5,7,9H,3,6,14H2,1-2H3/t7-,9+/m0/s1. The molecule has 2 N–H and O–H groups in total. The van der Waals surface area contributed by atoms with Gasteiger partial charge in [0.1, 0.15) is 0 Å². The van der Waals surface area contributed by atoms with E-state index < -0.39 is 0 Å². The van der Waals surface area contributed by atoms with Crippen LogP contribution in [0.25, 0.3) is 0 Å². The van der Waals surface area contributed by atoms with E-state index in [1.165, 1.54) is 0 Å². The molecule has 1 aliphatic rings. The summed E-state index contributed by atoms with van der Waals surface area (Å²) in [5.74, 6) is 2.49. The maximum Gasteiger partial charge on any atom is 0.164 e. The van der Waals surface area contributed by atoms with Crippen molar-refractivity contribution >= 4 is 11.6 Å². The van der Waals surface area contributed by atoms with E-state index in [0.717, 1.165) is 17.7 Å². The van der Waals surface area contributed by atoms with Crippen molar-refractivity contribution in [3.8, 4) is 11.5 Å². The number of rotatable bonds is 4. The fourth-order valence-electron chi connectivity index (χ4n) is 2.12. The van der Waals surface area contributed by atoms with Crippen LogP contribution in [0.15, 0.2) is 12.1 Å². The van der Waals surface area contributed by atoms with Crippen LogP contribution in [0.4, 0.5) is 0 Å². The zero-order chi connectivity index (χ0) is 11.7. The van der Waals surface area contributed by atoms with Crippen molar-refractivity contribution < 1.29 is 9.47 Å². The van der Waals surface area contributed by atoms with Gasteiger partial charge in [0.25, 0.3) is 0 Å².